The first-order valence-corrected chi connectivity index (χ1v) is 9.91. The van der Waals surface area contributed by atoms with Crippen LogP contribution in [0, 0.1) is 20.8 Å². The van der Waals surface area contributed by atoms with Crippen LogP contribution < -0.4 is 5.32 Å². The molecule has 2 amide bonds. The predicted octanol–water partition coefficient (Wildman–Crippen LogP) is 5.68. The van der Waals surface area contributed by atoms with E-state index in [2.05, 4.69) is 59.9 Å². The van der Waals surface area contributed by atoms with Gasteiger partial charge in [0.25, 0.3) is 0 Å². The molecule has 1 N–H and O–H groups in total. The van der Waals surface area contributed by atoms with Crippen LogP contribution in [0.5, 0.6) is 0 Å². The van der Waals surface area contributed by atoms with Gasteiger partial charge in [0, 0.05) is 30.7 Å². The molecule has 150 valence electrons. The number of nitrogens with zero attached hydrogens (tertiary/aromatic N) is 2. The van der Waals surface area contributed by atoms with Crippen molar-refractivity contribution in [2.24, 2.45) is 0 Å². The number of aromatic nitrogens is 1. The SMILES string of the molecule is C=CCN(Cc1cccn1Cc1ccccc1C)C(=O)Nc1cccc(C)c1C. The number of nitrogens with one attached hydrogen (secondary N) is 1. The van der Waals surface area contributed by atoms with Crippen LogP contribution in [0.25, 0.3) is 0 Å². The Morgan fingerprint density at radius 2 is 1.79 bits per heavy atom. The van der Waals surface area contributed by atoms with Gasteiger partial charge < -0.3 is 14.8 Å². The zero-order valence-electron chi connectivity index (χ0n) is 17.5. The van der Waals surface area contributed by atoms with Gasteiger partial charge in [0.1, 0.15) is 0 Å². The molecule has 0 radical (unpaired) electrons. The predicted molar refractivity (Wildman–Crippen MR) is 120 cm³/mol. The van der Waals surface area contributed by atoms with Crippen LogP contribution in [-0.2, 0) is 13.1 Å². The summed E-state index contributed by atoms with van der Waals surface area (Å²) in [5.74, 6) is 0. The molecule has 0 spiro atoms. The number of anilines is 1. The Hall–Kier alpha value is -3.27. The number of aryl methyl sites for hydroxylation is 2. The lowest BCUT2D eigenvalue weighted by Crippen LogP contribution is -2.35. The largest absolute Gasteiger partial charge is 0.345 e. The number of rotatable bonds is 7. The first-order valence-electron chi connectivity index (χ1n) is 9.91. The molecule has 2 aromatic carbocycles. The number of urea groups is 1. The highest BCUT2D eigenvalue weighted by atomic mass is 16.2. The molecule has 0 saturated carbocycles. The lowest BCUT2D eigenvalue weighted by atomic mass is 10.1. The quantitative estimate of drug-likeness (QED) is 0.520. The van der Waals surface area contributed by atoms with Gasteiger partial charge >= 0.3 is 6.03 Å². The fourth-order valence-corrected chi connectivity index (χ4v) is 3.37. The van der Waals surface area contributed by atoms with E-state index in [-0.39, 0.29) is 6.03 Å². The van der Waals surface area contributed by atoms with Crippen LogP contribution >= 0.6 is 0 Å². The van der Waals surface area contributed by atoms with Gasteiger partial charge in [0.15, 0.2) is 0 Å². The van der Waals surface area contributed by atoms with E-state index in [1.165, 1.54) is 11.1 Å². The summed E-state index contributed by atoms with van der Waals surface area (Å²) in [5.41, 5.74) is 6.72. The molecular weight excluding hydrogens is 358 g/mol. The lowest BCUT2D eigenvalue weighted by molar-refractivity contribution is 0.214. The van der Waals surface area contributed by atoms with E-state index in [1.54, 1.807) is 11.0 Å². The maximum atomic E-state index is 13.0. The molecule has 0 saturated heterocycles. The van der Waals surface area contributed by atoms with Gasteiger partial charge in [-0.25, -0.2) is 4.79 Å². The molecule has 3 rings (SSSR count). The molecule has 4 nitrogen and oxygen atoms in total. The van der Waals surface area contributed by atoms with Crippen LogP contribution in [0.1, 0.15) is 27.9 Å². The monoisotopic (exact) mass is 387 g/mol. The highest BCUT2D eigenvalue weighted by Crippen LogP contribution is 2.19. The average Bonchev–Trinajstić information content (AvgIpc) is 3.13. The van der Waals surface area contributed by atoms with E-state index in [0.717, 1.165) is 29.1 Å². The molecule has 4 heteroatoms. The topological polar surface area (TPSA) is 37.3 Å². The summed E-state index contributed by atoms with van der Waals surface area (Å²) in [6.45, 7) is 11.8. The molecule has 1 aromatic heterocycles. The molecule has 0 atom stereocenters. The van der Waals surface area contributed by atoms with Gasteiger partial charge in [-0.15, -0.1) is 6.58 Å². The van der Waals surface area contributed by atoms with Crippen LogP contribution in [0.2, 0.25) is 0 Å². The second-order valence-electron chi connectivity index (χ2n) is 7.40. The van der Waals surface area contributed by atoms with Crippen molar-refractivity contribution in [2.75, 3.05) is 11.9 Å². The van der Waals surface area contributed by atoms with E-state index in [4.69, 9.17) is 0 Å². The normalized spacial score (nSPS) is 10.6. The molecule has 0 unspecified atom stereocenters. The number of amides is 2. The van der Waals surface area contributed by atoms with Crippen molar-refractivity contribution in [3.63, 3.8) is 0 Å². The summed E-state index contributed by atoms with van der Waals surface area (Å²) >= 11 is 0. The Morgan fingerprint density at radius 3 is 2.55 bits per heavy atom. The molecule has 0 aliphatic carbocycles. The van der Waals surface area contributed by atoms with Crippen molar-refractivity contribution in [3.8, 4) is 0 Å². The van der Waals surface area contributed by atoms with E-state index < -0.39 is 0 Å². The van der Waals surface area contributed by atoms with Crippen LogP contribution in [0.3, 0.4) is 0 Å². The third-order valence-electron chi connectivity index (χ3n) is 5.36. The third-order valence-corrected chi connectivity index (χ3v) is 5.36. The molecule has 0 fully saturated rings. The smallest absolute Gasteiger partial charge is 0.322 e. The fourth-order valence-electron chi connectivity index (χ4n) is 3.37. The van der Waals surface area contributed by atoms with E-state index in [9.17, 15) is 4.79 Å². The minimum atomic E-state index is -0.123. The van der Waals surface area contributed by atoms with Gasteiger partial charge in [0.05, 0.1) is 6.54 Å². The number of carbonyl (C=O) groups excluding carboxylic acids is 1. The molecule has 3 aromatic rings. The number of carbonyl (C=O) groups is 1. The fraction of sp³-hybridized carbons (Fsp3) is 0.240. The Labute approximate surface area is 173 Å². The maximum Gasteiger partial charge on any atom is 0.322 e. The number of benzene rings is 2. The highest BCUT2D eigenvalue weighted by molar-refractivity contribution is 5.90. The van der Waals surface area contributed by atoms with Gasteiger partial charge in [0.2, 0.25) is 0 Å². The molecule has 0 bridgehead atoms. The summed E-state index contributed by atoms with van der Waals surface area (Å²) in [5, 5.41) is 3.06. The second kappa shape index (κ2) is 9.28. The Kier molecular flexibility index (Phi) is 6.55. The first-order chi connectivity index (χ1) is 14.0. The van der Waals surface area contributed by atoms with Crippen molar-refractivity contribution in [3.05, 3.63) is 101 Å². The van der Waals surface area contributed by atoms with Crippen LogP contribution in [-0.4, -0.2) is 22.0 Å². The summed E-state index contributed by atoms with van der Waals surface area (Å²) in [6, 6.07) is 18.3. The van der Waals surface area contributed by atoms with Crippen molar-refractivity contribution in [1.29, 1.82) is 0 Å². The zero-order valence-corrected chi connectivity index (χ0v) is 17.5. The van der Waals surface area contributed by atoms with Gasteiger partial charge in [-0.05, 0) is 61.2 Å². The number of hydrogen-bond donors (Lipinski definition) is 1. The third kappa shape index (κ3) is 4.96. The molecule has 1 heterocycles. The van der Waals surface area contributed by atoms with Crippen LogP contribution in [0.4, 0.5) is 10.5 Å². The number of hydrogen-bond acceptors (Lipinski definition) is 1. The van der Waals surface area contributed by atoms with Crippen molar-refractivity contribution in [2.45, 2.75) is 33.9 Å². The Morgan fingerprint density at radius 1 is 1.03 bits per heavy atom. The second-order valence-corrected chi connectivity index (χ2v) is 7.40. The maximum absolute atomic E-state index is 13.0. The Balaban J connectivity index is 1.76. The van der Waals surface area contributed by atoms with Crippen LogP contribution in [0.15, 0.2) is 73.4 Å². The minimum Gasteiger partial charge on any atom is -0.345 e. The van der Waals surface area contributed by atoms with Crippen molar-refractivity contribution in [1.82, 2.24) is 9.47 Å². The summed E-state index contributed by atoms with van der Waals surface area (Å²) in [7, 11) is 0. The molecule has 29 heavy (non-hydrogen) atoms. The van der Waals surface area contributed by atoms with E-state index >= 15 is 0 Å². The summed E-state index contributed by atoms with van der Waals surface area (Å²) in [4.78, 5) is 14.8. The van der Waals surface area contributed by atoms with Crippen molar-refractivity contribution >= 4 is 11.7 Å². The first kappa shape index (κ1) is 20.5. The molecule has 0 aliphatic rings. The standard InChI is InChI=1S/C25H29N3O/c1-5-15-28(25(29)26-24-14-8-11-19(2)21(24)4)18-23-13-9-16-27(23)17-22-12-7-6-10-20(22)3/h5-14,16H,1,15,17-18H2,2-4H3,(H,26,29). The zero-order chi connectivity index (χ0) is 20.8. The lowest BCUT2D eigenvalue weighted by Gasteiger charge is -2.23. The molecular formula is C25H29N3O. The Bertz CT molecular complexity index is 1000. The highest BCUT2D eigenvalue weighted by Gasteiger charge is 2.16. The minimum absolute atomic E-state index is 0.123. The van der Waals surface area contributed by atoms with Gasteiger partial charge in [-0.2, -0.15) is 0 Å². The van der Waals surface area contributed by atoms with Gasteiger partial charge in [-0.3, -0.25) is 0 Å². The van der Waals surface area contributed by atoms with Crippen molar-refractivity contribution < 1.29 is 4.79 Å². The average molecular weight is 388 g/mol. The molecule has 0 aliphatic heterocycles. The van der Waals surface area contributed by atoms with Gasteiger partial charge in [-0.1, -0.05) is 42.5 Å². The van der Waals surface area contributed by atoms with E-state index in [0.29, 0.717) is 13.1 Å². The summed E-state index contributed by atoms with van der Waals surface area (Å²) in [6.07, 6.45) is 3.83. The van der Waals surface area contributed by atoms with E-state index in [1.807, 2.05) is 38.1 Å². The summed E-state index contributed by atoms with van der Waals surface area (Å²) < 4.78 is 2.20.